The Balaban J connectivity index is 2.24. The van der Waals surface area contributed by atoms with E-state index in [1.54, 1.807) is 30.3 Å². The molecule has 2 N–H and O–H groups in total. The zero-order valence-corrected chi connectivity index (χ0v) is 12.3. The highest BCUT2D eigenvalue weighted by atomic mass is 16.7. The average Bonchev–Trinajstić information content (AvgIpc) is 2.84. The van der Waals surface area contributed by atoms with E-state index in [4.69, 9.17) is 15.3 Å². The van der Waals surface area contributed by atoms with E-state index in [1.807, 2.05) is 0 Å². The second-order valence-corrected chi connectivity index (χ2v) is 4.68. The van der Waals surface area contributed by atoms with Gasteiger partial charge < -0.3 is 15.3 Å². The smallest absolute Gasteiger partial charge is 0.388 e. The fraction of sp³-hybridized carbons (Fsp3) is 0.0667. The first kappa shape index (κ1) is 15.1. The highest BCUT2D eigenvalue weighted by Crippen LogP contribution is 2.36. The molecule has 118 valence electrons. The number of nitrogens with zero attached hydrogens (tertiary/aromatic N) is 4. The van der Waals surface area contributed by atoms with E-state index in [9.17, 15) is 14.9 Å². The number of carbonyl (C=O) groups is 2. The van der Waals surface area contributed by atoms with Crippen molar-refractivity contribution in [2.45, 2.75) is 6.92 Å². The molecule has 0 aliphatic heterocycles. The quantitative estimate of drug-likeness (QED) is 0.550. The first-order valence-electron chi connectivity index (χ1n) is 6.66. The molecule has 9 heteroatoms. The Morgan fingerprint density at radius 2 is 1.92 bits per heavy atom. The number of nitriles is 1. The SMILES string of the molecule is CC(=O)ON=C1c2ccccc2-c2nc(OC(N)=O)c(C#N)nc21. The summed E-state index contributed by atoms with van der Waals surface area (Å²) in [6.07, 6.45) is -1.11. The van der Waals surface area contributed by atoms with E-state index in [0.717, 1.165) is 0 Å². The number of fused-ring (bicyclic) bond motifs is 3. The zero-order valence-electron chi connectivity index (χ0n) is 12.3. The molecule has 0 radical (unpaired) electrons. The molecule has 0 saturated carbocycles. The van der Waals surface area contributed by atoms with E-state index in [1.165, 1.54) is 6.92 Å². The molecule has 1 heterocycles. The maximum atomic E-state index is 11.0. The van der Waals surface area contributed by atoms with Crippen molar-refractivity contribution in [1.29, 1.82) is 5.26 Å². The molecule has 1 aromatic carbocycles. The Morgan fingerprint density at radius 1 is 1.21 bits per heavy atom. The van der Waals surface area contributed by atoms with Crippen LogP contribution in [0.5, 0.6) is 5.88 Å². The minimum Gasteiger partial charge on any atom is -0.388 e. The second kappa shape index (κ2) is 5.77. The lowest BCUT2D eigenvalue weighted by atomic mass is 10.1. The number of nitrogens with two attached hydrogens (primary N) is 1. The van der Waals surface area contributed by atoms with Gasteiger partial charge in [-0.05, 0) is 0 Å². The maximum absolute atomic E-state index is 11.0. The van der Waals surface area contributed by atoms with Gasteiger partial charge in [0.2, 0.25) is 5.69 Å². The van der Waals surface area contributed by atoms with Gasteiger partial charge in [-0.3, -0.25) is 0 Å². The predicted molar refractivity (Wildman–Crippen MR) is 79.8 cm³/mol. The van der Waals surface area contributed by atoms with Crippen LogP contribution in [0.1, 0.15) is 23.9 Å². The molecule has 0 saturated heterocycles. The molecule has 3 rings (SSSR count). The van der Waals surface area contributed by atoms with Crippen LogP contribution in [0.3, 0.4) is 0 Å². The Hall–Kier alpha value is -3.80. The van der Waals surface area contributed by atoms with E-state index >= 15 is 0 Å². The fourth-order valence-electron chi connectivity index (χ4n) is 2.24. The average molecular weight is 323 g/mol. The molecule has 1 amide bonds. The van der Waals surface area contributed by atoms with Crippen molar-refractivity contribution < 1.29 is 19.2 Å². The first-order chi connectivity index (χ1) is 11.5. The molecule has 1 aliphatic rings. The van der Waals surface area contributed by atoms with Gasteiger partial charge in [0.25, 0.3) is 5.88 Å². The Labute approximate surface area is 135 Å². The standard InChI is InChI=1S/C15H9N5O4/c1-7(21)24-20-12-9-5-3-2-4-8(9)11-13(12)18-10(6-16)14(19-11)23-15(17)22/h2-5H,1H3,(H2,17,22). The topological polar surface area (TPSA) is 141 Å². The molecule has 9 nitrogen and oxygen atoms in total. The number of hydrogen-bond acceptors (Lipinski definition) is 8. The fourth-order valence-corrected chi connectivity index (χ4v) is 2.24. The molecule has 24 heavy (non-hydrogen) atoms. The predicted octanol–water partition coefficient (Wildman–Crippen LogP) is 1.10. The summed E-state index contributed by atoms with van der Waals surface area (Å²) in [5.74, 6) is -0.900. The van der Waals surface area contributed by atoms with Crippen molar-refractivity contribution in [3.05, 3.63) is 41.2 Å². The summed E-state index contributed by atoms with van der Waals surface area (Å²) in [6.45, 7) is 1.21. The number of rotatable bonds is 2. The zero-order chi connectivity index (χ0) is 17.3. The molecule has 0 atom stereocenters. The maximum Gasteiger partial charge on any atom is 0.411 e. The van der Waals surface area contributed by atoms with Crippen LogP contribution in [0.15, 0.2) is 29.4 Å². The molecular weight excluding hydrogens is 314 g/mol. The molecule has 0 unspecified atom stereocenters. The van der Waals surface area contributed by atoms with E-state index in [-0.39, 0.29) is 23.0 Å². The molecular formula is C15H9N5O4. The lowest BCUT2D eigenvalue weighted by molar-refractivity contribution is -0.140. The van der Waals surface area contributed by atoms with Gasteiger partial charge in [0.1, 0.15) is 23.2 Å². The molecule has 1 aromatic heterocycles. The van der Waals surface area contributed by atoms with Crippen LogP contribution in [0.2, 0.25) is 0 Å². The van der Waals surface area contributed by atoms with Gasteiger partial charge in [0, 0.05) is 18.1 Å². The lowest BCUT2D eigenvalue weighted by Crippen LogP contribution is -2.18. The van der Waals surface area contributed by atoms with Crippen molar-refractivity contribution in [1.82, 2.24) is 9.97 Å². The number of aromatic nitrogens is 2. The largest absolute Gasteiger partial charge is 0.411 e. The summed E-state index contributed by atoms with van der Waals surface area (Å²) in [4.78, 5) is 35.0. The van der Waals surface area contributed by atoms with E-state index in [2.05, 4.69) is 15.1 Å². The van der Waals surface area contributed by atoms with Crippen LogP contribution < -0.4 is 10.5 Å². The third-order valence-corrected chi connectivity index (χ3v) is 3.09. The van der Waals surface area contributed by atoms with E-state index < -0.39 is 12.1 Å². The summed E-state index contributed by atoms with van der Waals surface area (Å²) < 4.78 is 4.73. The van der Waals surface area contributed by atoms with Crippen LogP contribution >= 0.6 is 0 Å². The van der Waals surface area contributed by atoms with Crippen LogP contribution in [0.25, 0.3) is 11.3 Å². The normalized spacial score (nSPS) is 12.9. The summed E-state index contributed by atoms with van der Waals surface area (Å²) >= 11 is 0. The third-order valence-electron chi connectivity index (χ3n) is 3.09. The number of benzene rings is 1. The highest BCUT2D eigenvalue weighted by Gasteiger charge is 2.31. The first-order valence-corrected chi connectivity index (χ1v) is 6.66. The van der Waals surface area contributed by atoms with Crippen molar-refractivity contribution in [3.8, 4) is 23.2 Å². The second-order valence-electron chi connectivity index (χ2n) is 4.68. The van der Waals surface area contributed by atoms with Gasteiger partial charge in [-0.15, -0.1) is 0 Å². The molecule has 1 aliphatic carbocycles. The number of oxime groups is 1. The monoisotopic (exact) mass is 323 g/mol. The summed E-state index contributed by atoms with van der Waals surface area (Å²) in [7, 11) is 0. The minimum absolute atomic E-state index is 0.240. The minimum atomic E-state index is -1.11. The highest BCUT2D eigenvalue weighted by molar-refractivity contribution is 6.22. The molecule has 0 bridgehead atoms. The van der Waals surface area contributed by atoms with E-state index in [0.29, 0.717) is 16.8 Å². The van der Waals surface area contributed by atoms with Gasteiger partial charge in [0.15, 0.2) is 0 Å². The van der Waals surface area contributed by atoms with Gasteiger partial charge in [-0.1, -0.05) is 29.4 Å². The van der Waals surface area contributed by atoms with Crippen LogP contribution in [0, 0.1) is 11.3 Å². The number of amides is 1. The van der Waals surface area contributed by atoms with Crippen LogP contribution in [0.4, 0.5) is 4.79 Å². The molecule has 0 spiro atoms. The number of carbonyl (C=O) groups excluding carboxylic acids is 2. The molecule has 2 aromatic rings. The Morgan fingerprint density at radius 3 is 2.54 bits per heavy atom. The number of hydrogen-bond donors (Lipinski definition) is 1. The van der Waals surface area contributed by atoms with Crippen molar-refractivity contribution in [3.63, 3.8) is 0 Å². The summed E-state index contributed by atoms with van der Waals surface area (Å²) in [5, 5.41) is 13.0. The number of ether oxygens (including phenoxy) is 1. The van der Waals surface area contributed by atoms with Crippen molar-refractivity contribution >= 4 is 17.8 Å². The lowest BCUT2D eigenvalue weighted by Gasteiger charge is -2.05. The summed E-state index contributed by atoms with van der Waals surface area (Å²) in [6, 6.07) is 8.79. The molecule has 0 fully saturated rings. The van der Waals surface area contributed by atoms with Gasteiger partial charge >= 0.3 is 12.1 Å². The summed E-state index contributed by atoms with van der Waals surface area (Å²) in [5.41, 5.74) is 6.84. The van der Waals surface area contributed by atoms with Gasteiger partial charge in [-0.2, -0.15) is 5.26 Å². The van der Waals surface area contributed by atoms with Crippen molar-refractivity contribution in [2.75, 3.05) is 0 Å². The Bertz CT molecular complexity index is 945. The third kappa shape index (κ3) is 2.52. The Kier molecular flexibility index (Phi) is 3.63. The van der Waals surface area contributed by atoms with Crippen molar-refractivity contribution in [2.24, 2.45) is 10.9 Å². The van der Waals surface area contributed by atoms with Gasteiger partial charge in [-0.25, -0.2) is 19.6 Å². The van der Waals surface area contributed by atoms with Crippen LogP contribution in [-0.4, -0.2) is 27.7 Å². The van der Waals surface area contributed by atoms with Gasteiger partial charge in [0.05, 0.1) is 0 Å². The number of primary amides is 1. The van der Waals surface area contributed by atoms with Crippen LogP contribution in [-0.2, 0) is 9.63 Å².